The minimum absolute atomic E-state index is 0.182. The first-order valence-electron chi connectivity index (χ1n) is 4.32. The van der Waals surface area contributed by atoms with E-state index < -0.39 is 5.82 Å². The van der Waals surface area contributed by atoms with E-state index in [4.69, 9.17) is 16.6 Å². The molecule has 0 bridgehead atoms. The van der Waals surface area contributed by atoms with Gasteiger partial charge < -0.3 is 11.1 Å². The molecule has 0 aliphatic heterocycles. The van der Waals surface area contributed by atoms with Gasteiger partial charge >= 0.3 is 0 Å². The molecule has 6 N–H and O–H groups in total. The summed E-state index contributed by atoms with van der Waals surface area (Å²) in [5, 5.41) is 19.0. The largest absolute Gasteiger partial charge is 0.370 e. The Morgan fingerprint density at radius 2 is 2.06 bits per heavy atom. The molecule has 0 radical (unpaired) electrons. The Kier molecular flexibility index (Phi) is 3.83. The molecule has 0 aliphatic carbocycles. The summed E-state index contributed by atoms with van der Waals surface area (Å²) in [5.41, 5.74) is 5.86. The number of nitrogens with one attached hydrogen (secondary N) is 4. The molecule has 0 fully saturated rings. The van der Waals surface area contributed by atoms with Crippen LogP contribution in [0, 0.1) is 23.6 Å². The maximum atomic E-state index is 13.5. The number of rotatable bonds is 1. The van der Waals surface area contributed by atoms with Gasteiger partial charge in [-0.3, -0.25) is 16.1 Å². The van der Waals surface area contributed by atoms with Gasteiger partial charge in [0.1, 0.15) is 5.82 Å². The number of hydrogen-bond donors (Lipinski definition) is 5. The van der Waals surface area contributed by atoms with E-state index >= 15 is 0 Å². The Hall–Kier alpha value is -1.63. The Morgan fingerprint density at radius 3 is 2.56 bits per heavy atom. The molecule has 0 saturated heterocycles. The molecule has 16 heavy (non-hydrogen) atoms. The van der Waals surface area contributed by atoms with E-state index in [0.717, 1.165) is 0 Å². The zero-order valence-electron chi connectivity index (χ0n) is 8.49. The summed E-state index contributed by atoms with van der Waals surface area (Å²) < 4.78 is 14.1. The minimum Gasteiger partial charge on any atom is -0.370 e. The van der Waals surface area contributed by atoms with E-state index in [9.17, 15) is 4.39 Å². The molecule has 0 aromatic heterocycles. The molecule has 0 amide bonds. The fourth-order valence-corrected chi connectivity index (χ4v) is 1.70. The summed E-state index contributed by atoms with van der Waals surface area (Å²) in [6.07, 6.45) is 0. The van der Waals surface area contributed by atoms with Crippen LogP contribution in [0.5, 0.6) is 0 Å². The van der Waals surface area contributed by atoms with E-state index in [1.807, 2.05) is 0 Å². The quantitative estimate of drug-likeness (QED) is 0.402. The van der Waals surface area contributed by atoms with Gasteiger partial charge in [0.15, 0.2) is 11.9 Å². The van der Waals surface area contributed by atoms with Crippen molar-refractivity contribution in [3.63, 3.8) is 0 Å². The first-order chi connectivity index (χ1) is 7.40. The highest BCUT2D eigenvalue weighted by Gasteiger charge is 2.09. The first kappa shape index (κ1) is 12.4. The lowest BCUT2D eigenvalue weighted by molar-refractivity contribution is 0.630. The zero-order valence-corrected chi connectivity index (χ0v) is 10.1. The monoisotopic (exact) mass is 287 g/mol. The van der Waals surface area contributed by atoms with Crippen LogP contribution >= 0.6 is 15.9 Å². The van der Waals surface area contributed by atoms with Crippen LogP contribution < -0.4 is 16.4 Å². The van der Waals surface area contributed by atoms with Crippen LogP contribution in [0.1, 0.15) is 5.56 Å². The molecule has 0 unspecified atom stereocenters. The first-order valence-corrected chi connectivity index (χ1v) is 5.11. The molecule has 7 heteroatoms. The number of hydrogen-bond acceptors (Lipinski definition) is 2. The van der Waals surface area contributed by atoms with Crippen molar-refractivity contribution < 1.29 is 4.39 Å². The maximum Gasteiger partial charge on any atom is 0.199 e. The lowest BCUT2D eigenvalue weighted by atomic mass is 10.2. The summed E-state index contributed by atoms with van der Waals surface area (Å²) in [6.45, 7) is 1.71. The van der Waals surface area contributed by atoms with Crippen molar-refractivity contribution >= 4 is 33.5 Å². The number of nitrogens with two attached hydrogens (primary N) is 1. The molecule has 0 heterocycles. The smallest absolute Gasteiger partial charge is 0.199 e. The Labute approximate surface area is 100 Å². The third kappa shape index (κ3) is 3.20. The molecule has 86 valence electrons. The lowest BCUT2D eigenvalue weighted by Crippen LogP contribution is -2.39. The molecular weight excluding hydrogens is 277 g/mol. The van der Waals surface area contributed by atoms with Gasteiger partial charge in [-0.25, -0.2) is 4.39 Å². The van der Waals surface area contributed by atoms with Crippen LogP contribution in [0.15, 0.2) is 16.6 Å². The normalized spacial score (nSPS) is 9.69. The van der Waals surface area contributed by atoms with Gasteiger partial charge in [0, 0.05) is 4.47 Å². The van der Waals surface area contributed by atoms with Crippen molar-refractivity contribution in [2.24, 2.45) is 5.73 Å². The number of benzene rings is 1. The summed E-state index contributed by atoms with van der Waals surface area (Å²) in [7, 11) is 0. The molecule has 1 aromatic carbocycles. The average Bonchev–Trinajstić information content (AvgIpc) is 2.09. The van der Waals surface area contributed by atoms with Crippen LogP contribution in [0.4, 0.5) is 10.1 Å². The third-order valence-electron chi connectivity index (χ3n) is 1.76. The zero-order chi connectivity index (χ0) is 12.3. The second-order valence-corrected chi connectivity index (χ2v) is 4.03. The van der Waals surface area contributed by atoms with Crippen LogP contribution in [0.25, 0.3) is 0 Å². The van der Waals surface area contributed by atoms with Gasteiger partial charge in [-0.1, -0.05) is 15.9 Å². The highest BCUT2D eigenvalue weighted by molar-refractivity contribution is 9.10. The highest BCUT2D eigenvalue weighted by atomic mass is 79.9. The van der Waals surface area contributed by atoms with Gasteiger partial charge in [-0.2, -0.15) is 0 Å². The molecule has 0 atom stereocenters. The van der Waals surface area contributed by atoms with E-state index in [-0.39, 0.29) is 17.6 Å². The highest BCUT2D eigenvalue weighted by Crippen LogP contribution is 2.24. The number of aryl methyl sites for hydroxylation is 1. The number of anilines is 1. The predicted octanol–water partition coefficient (Wildman–Crippen LogP) is 1.73. The topological polar surface area (TPSA) is 97.8 Å². The van der Waals surface area contributed by atoms with Crippen molar-refractivity contribution in [2.45, 2.75) is 6.92 Å². The Bertz CT molecular complexity index is 423. The van der Waals surface area contributed by atoms with E-state index in [2.05, 4.69) is 26.6 Å². The number of guanidine groups is 2. The summed E-state index contributed by atoms with van der Waals surface area (Å²) in [5.74, 6) is -1.12. The average molecular weight is 288 g/mol. The molecular formula is C9H11BrFN5. The SMILES string of the molecule is Cc1cc(Br)cc(F)c1NC(=N)NC(=N)N. The number of halogens is 2. The van der Waals surface area contributed by atoms with E-state index in [1.54, 1.807) is 13.0 Å². The van der Waals surface area contributed by atoms with Gasteiger partial charge in [-0.15, -0.1) is 0 Å². The second kappa shape index (κ2) is 4.93. The maximum absolute atomic E-state index is 13.5. The fraction of sp³-hybridized carbons (Fsp3) is 0.111. The molecule has 5 nitrogen and oxygen atoms in total. The van der Waals surface area contributed by atoms with Crippen molar-refractivity contribution in [3.05, 3.63) is 28.0 Å². The molecule has 0 spiro atoms. The van der Waals surface area contributed by atoms with Gasteiger partial charge in [0.25, 0.3) is 0 Å². The summed E-state index contributed by atoms with van der Waals surface area (Å²) >= 11 is 3.16. The second-order valence-electron chi connectivity index (χ2n) is 3.12. The molecule has 1 aromatic rings. The molecule has 0 aliphatic rings. The fourth-order valence-electron chi connectivity index (χ4n) is 1.15. The lowest BCUT2D eigenvalue weighted by Gasteiger charge is -2.12. The van der Waals surface area contributed by atoms with Crippen molar-refractivity contribution in [3.8, 4) is 0 Å². The van der Waals surface area contributed by atoms with Crippen molar-refractivity contribution in [1.29, 1.82) is 10.8 Å². The van der Waals surface area contributed by atoms with E-state index in [1.165, 1.54) is 6.07 Å². The summed E-state index contributed by atoms with van der Waals surface area (Å²) in [6, 6.07) is 3.00. The van der Waals surface area contributed by atoms with Crippen molar-refractivity contribution in [2.75, 3.05) is 5.32 Å². The summed E-state index contributed by atoms with van der Waals surface area (Å²) in [4.78, 5) is 0. The van der Waals surface area contributed by atoms with Crippen LogP contribution in [-0.2, 0) is 0 Å². The van der Waals surface area contributed by atoms with Crippen LogP contribution in [0.3, 0.4) is 0 Å². The minimum atomic E-state index is -0.484. The molecule has 0 saturated carbocycles. The van der Waals surface area contributed by atoms with Gasteiger partial charge in [0.05, 0.1) is 5.69 Å². The Balaban J connectivity index is 2.89. The van der Waals surface area contributed by atoms with Crippen LogP contribution in [0.2, 0.25) is 0 Å². The predicted molar refractivity (Wildman–Crippen MR) is 65.2 cm³/mol. The standard InChI is InChI=1S/C9H11BrFN5/c1-4-2-5(10)3-6(11)7(4)15-9(14)16-8(12)13/h2-3H,1H3,(H6,12,13,14,15,16). The third-order valence-corrected chi connectivity index (χ3v) is 2.22. The van der Waals surface area contributed by atoms with Crippen LogP contribution in [-0.4, -0.2) is 11.9 Å². The van der Waals surface area contributed by atoms with Crippen molar-refractivity contribution in [1.82, 2.24) is 5.32 Å². The van der Waals surface area contributed by atoms with Gasteiger partial charge in [0.2, 0.25) is 0 Å². The molecule has 1 rings (SSSR count). The Morgan fingerprint density at radius 1 is 1.44 bits per heavy atom. The van der Waals surface area contributed by atoms with Gasteiger partial charge in [-0.05, 0) is 24.6 Å². The van der Waals surface area contributed by atoms with E-state index in [0.29, 0.717) is 10.0 Å².